The molecule has 0 unspecified atom stereocenters. The molecule has 1 aromatic heterocycles. The van der Waals surface area contributed by atoms with Gasteiger partial charge < -0.3 is 9.42 Å². The average molecular weight is 192 g/mol. The molecule has 76 valence electrons. The molecule has 2 rings (SSSR count). The smallest absolute Gasteiger partial charge is 0.141 e. The van der Waals surface area contributed by atoms with Crippen molar-refractivity contribution < 1.29 is 4.52 Å². The van der Waals surface area contributed by atoms with Crippen molar-refractivity contribution in [3.8, 4) is 0 Å². The van der Waals surface area contributed by atoms with Crippen LogP contribution in [0.15, 0.2) is 22.2 Å². The van der Waals surface area contributed by atoms with Gasteiger partial charge in [-0.15, -0.1) is 0 Å². The van der Waals surface area contributed by atoms with Crippen molar-refractivity contribution in [2.45, 2.75) is 19.8 Å². The Morgan fingerprint density at radius 3 is 3.00 bits per heavy atom. The van der Waals surface area contributed by atoms with Crippen LogP contribution >= 0.6 is 0 Å². The average Bonchev–Trinajstić information content (AvgIpc) is 2.56. The lowest BCUT2D eigenvalue weighted by Gasteiger charge is -2.21. The summed E-state index contributed by atoms with van der Waals surface area (Å²) in [7, 11) is 2.14. The van der Waals surface area contributed by atoms with E-state index in [2.05, 4.69) is 23.2 Å². The van der Waals surface area contributed by atoms with Gasteiger partial charge in [0, 0.05) is 25.6 Å². The van der Waals surface area contributed by atoms with E-state index in [1.165, 1.54) is 5.57 Å². The molecule has 0 atom stereocenters. The first-order valence-corrected chi connectivity index (χ1v) is 5.02. The summed E-state index contributed by atoms with van der Waals surface area (Å²) in [6.45, 7) is 4.16. The quantitative estimate of drug-likeness (QED) is 0.669. The fourth-order valence-corrected chi connectivity index (χ4v) is 1.70. The number of hydrogen-bond donors (Lipinski definition) is 0. The van der Waals surface area contributed by atoms with Gasteiger partial charge in [0.2, 0.25) is 0 Å². The predicted octanol–water partition coefficient (Wildman–Crippen LogP) is 1.79. The van der Waals surface area contributed by atoms with Crippen molar-refractivity contribution >= 4 is 0 Å². The van der Waals surface area contributed by atoms with Crippen molar-refractivity contribution in [1.82, 2.24) is 10.1 Å². The zero-order chi connectivity index (χ0) is 9.97. The van der Waals surface area contributed by atoms with Crippen molar-refractivity contribution in [2.75, 3.05) is 20.1 Å². The molecule has 0 radical (unpaired) electrons. The van der Waals surface area contributed by atoms with Gasteiger partial charge in [0.05, 0.1) is 5.69 Å². The minimum atomic E-state index is 0.925. The van der Waals surface area contributed by atoms with Gasteiger partial charge in [0.1, 0.15) is 5.76 Å². The number of aromatic nitrogens is 1. The molecular weight excluding hydrogens is 176 g/mol. The number of rotatable bonds is 2. The minimum absolute atomic E-state index is 0.925. The topological polar surface area (TPSA) is 29.3 Å². The highest BCUT2D eigenvalue weighted by Crippen LogP contribution is 2.15. The maximum atomic E-state index is 5.19. The lowest BCUT2D eigenvalue weighted by atomic mass is 10.0. The van der Waals surface area contributed by atoms with Crippen LogP contribution in [0.3, 0.4) is 0 Å². The Morgan fingerprint density at radius 2 is 2.43 bits per heavy atom. The molecule has 1 aliphatic rings. The van der Waals surface area contributed by atoms with Gasteiger partial charge in [0.15, 0.2) is 0 Å². The number of likely N-dealkylation sites (N-methyl/N-ethyl adjacent to an activating group) is 1. The van der Waals surface area contributed by atoms with Gasteiger partial charge in [-0.3, -0.25) is 0 Å². The van der Waals surface area contributed by atoms with Gasteiger partial charge in [-0.05, 0) is 20.4 Å². The lowest BCUT2D eigenvalue weighted by molar-refractivity contribution is 0.350. The third kappa shape index (κ3) is 2.23. The summed E-state index contributed by atoms with van der Waals surface area (Å²) in [5.41, 5.74) is 2.44. The SMILES string of the molecule is Cc1cc(CC2=CCN(C)CC2)on1. The van der Waals surface area contributed by atoms with Gasteiger partial charge in [-0.1, -0.05) is 16.8 Å². The monoisotopic (exact) mass is 192 g/mol. The zero-order valence-electron chi connectivity index (χ0n) is 8.79. The molecule has 0 N–H and O–H groups in total. The molecule has 0 amide bonds. The molecule has 0 aromatic carbocycles. The van der Waals surface area contributed by atoms with Crippen LogP contribution in [0, 0.1) is 6.92 Å². The molecule has 0 fully saturated rings. The maximum absolute atomic E-state index is 5.19. The van der Waals surface area contributed by atoms with Gasteiger partial charge in [-0.25, -0.2) is 0 Å². The van der Waals surface area contributed by atoms with Gasteiger partial charge >= 0.3 is 0 Å². The summed E-state index contributed by atoms with van der Waals surface area (Å²) in [4.78, 5) is 2.31. The summed E-state index contributed by atoms with van der Waals surface area (Å²) in [6, 6.07) is 2.01. The van der Waals surface area contributed by atoms with Crippen molar-refractivity contribution in [2.24, 2.45) is 0 Å². The molecule has 2 heterocycles. The second kappa shape index (κ2) is 3.96. The van der Waals surface area contributed by atoms with E-state index >= 15 is 0 Å². The van der Waals surface area contributed by atoms with Crippen LogP contribution in [-0.2, 0) is 6.42 Å². The fraction of sp³-hybridized carbons (Fsp3) is 0.545. The summed E-state index contributed by atoms with van der Waals surface area (Å²) in [6.07, 6.45) is 4.37. The zero-order valence-corrected chi connectivity index (χ0v) is 8.79. The first kappa shape index (κ1) is 9.46. The fourth-order valence-electron chi connectivity index (χ4n) is 1.70. The number of nitrogens with zero attached hydrogens (tertiary/aromatic N) is 2. The molecular formula is C11H16N2O. The number of hydrogen-bond acceptors (Lipinski definition) is 3. The Kier molecular flexibility index (Phi) is 2.68. The van der Waals surface area contributed by atoms with E-state index in [-0.39, 0.29) is 0 Å². The second-order valence-corrected chi connectivity index (χ2v) is 3.99. The van der Waals surface area contributed by atoms with Gasteiger partial charge in [-0.2, -0.15) is 0 Å². The Morgan fingerprint density at radius 1 is 1.57 bits per heavy atom. The minimum Gasteiger partial charge on any atom is -0.361 e. The Balaban J connectivity index is 1.98. The van der Waals surface area contributed by atoms with E-state index < -0.39 is 0 Å². The van der Waals surface area contributed by atoms with Crippen LogP contribution in [0.5, 0.6) is 0 Å². The third-order valence-corrected chi connectivity index (χ3v) is 2.58. The molecule has 3 nitrogen and oxygen atoms in total. The molecule has 1 aromatic rings. The molecule has 0 bridgehead atoms. The number of aryl methyl sites for hydroxylation is 1. The predicted molar refractivity (Wildman–Crippen MR) is 55.1 cm³/mol. The van der Waals surface area contributed by atoms with E-state index in [0.29, 0.717) is 0 Å². The van der Waals surface area contributed by atoms with E-state index in [0.717, 1.165) is 37.4 Å². The highest BCUT2D eigenvalue weighted by Gasteiger charge is 2.10. The molecule has 3 heteroatoms. The first-order chi connectivity index (χ1) is 6.74. The Labute approximate surface area is 84.4 Å². The largest absolute Gasteiger partial charge is 0.361 e. The molecule has 14 heavy (non-hydrogen) atoms. The third-order valence-electron chi connectivity index (χ3n) is 2.58. The second-order valence-electron chi connectivity index (χ2n) is 3.99. The van der Waals surface area contributed by atoms with Crippen LogP contribution in [0.4, 0.5) is 0 Å². The standard InChI is InChI=1S/C11H16N2O/c1-9-7-11(14-12-9)8-10-3-5-13(2)6-4-10/h3,7H,4-6,8H2,1-2H3. The molecule has 1 aliphatic heterocycles. The molecule has 0 saturated carbocycles. The highest BCUT2D eigenvalue weighted by atomic mass is 16.5. The maximum Gasteiger partial charge on any atom is 0.141 e. The van der Waals surface area contributed by atoms with Crippen LogP contribution in [0.25, 0.3) is 0 Å². The van der Waals surface area contributed by atoms with E-state index in [9.17, 15) is 0 Å². The van der Waals surface area contributed by atoms with E-state index in [1.54, 1.807) is 0 Å². The Hall–Kier alpha value is -1.09. The summed E-state index contributed by atoms with van der Waals surface area (Å²) in [5, 5.41) is 3.88. The van der Waals surface area contributed by atoms with Crippen LogP contribution in [0.1, 0.15) is 17.9 Å². The Bertz CT molecular complexity index is 341. The summed E-state index contributed by atoms with van der Waals surface area (Å²) < 4.78 is 5.19. The van der Waals surface area contributed by atoms with Crippen molar-refractivity contribution in [3.05, 3.63) is 29.2 Å². The highest BCUT2D eigenvalue weighted by molar-refractivity contribution is 5.16. The van der Waals surface area contributed by atoms with Crippen LogP contribution < -0.4 is 0 Å². The molecule has 0 saturated heterocycles. The molecule has 0 spiro atoms. The molecule has 0 aliphatic carbocycles. The van der Waals surface area contributed by atoms with Crippen LogP contribution in [0.2, 0.25) is 0 Å². The van der Waals surface area contributed by atoms with E-state index in [1.807, 2.05) is 13.0 Å². The first-order valence-electron chi connectivity index (χ1n) is 5.02. The van der Waals surface area contributed by atoms with E-state index in [4.69, 9.17) is 4.52 Å². The normalized spacial score (nSPS) is 18.3. The van der Waals surface area contributed by atoms with Crippen molar-refractivity contribution in [1.29, 1.82) is 0 Å². The van der Waals surface area contributed by atoms with Crippen molar-refractivity contribution in [3.63, 3.8) is 0 Å². The van der Waals surface area contributed by atoms with Gasteiger partial charge in [0.25, 0.3) is 0 Å². The summed E-state index contributed by atoms with van der Waals surface area (Å²) >= 11 is 0. The van der Waals surface area contributed by atoms with Crippen LogP contribution in [-0.4, -0.2) is 30.2 Å². The lowest BCUT2D eigenvalue weighted by Crippen LogP contribution is -2.24. The summed E-state index contributed by atoms with van der Waals surface area (Å²) in [5.74, 6) is 0.985.